The molecule has 0 aliphatic rings. The molecular weight excluding hydrogens is 378 g/mol. The van der Waals surface area contributed by atoms with Gasteiger partial charge in [0, 0.05) is 22.4 Å². The Kier molecular flexibility index (Phi) is 3.55. The molecule has 0 aliphatic carbocycles. The van der Waals surface area contributed by atoms with E-state index >= 15 is 0 Å². The van der Waals surface area contributed by atoms with Gasteiger partial charge in [-0.3, -0.25) is 4.98 Å². The second-order valence-corrected chi connectivity index (χ2v) is 6.59. The van der Waals surface area contributed by atoms with E-state index in [2.05, 4.69) is 36.2 Å². The number of halogens is 1. The Morgan fingerprint density at radius 2 is 2.04 bits per heavy atom. The van der Waals surface area contributed by atoms with Gasteiger partial charge in [0.15, 0.2) is 10.8 Å². The van der Waals surface area contributed by atoms with Crippen molar-refractivity contribution in [2.75, 3.05) is 7.11 Å². The van der Waals surface area contributed by atoms with Crippen LogP contribution in [0.15, 0.2) is 47.2 Å². The van der Waals surface area contributed by atoms with Crippen LogP contribution in [0, 0.1) is 0 Å². The van der Waals surface area contributed by atoms with E-state index in [9.17, 15) is 0 Å². The van der Waals surface area contributed by atoms with Crippen molar-refractivity contribution in [3.8, 4) is 27.7 Å². The standard InChI is InChI=1S/C15H10BrN5OS/c1-22-12-5-3-2-4-11(12)14-20-21-13(18-19-15(21)23-14)9-6-10(16)8-17-7-9/h2-8H,1H3. The van der Waals surface area contributed by atoms with E-state index < -0.39 is 0 Å². The molecule has 1 aromatic carbocycles. The fraction of sp³-hybridized carbons (Fsp3) is 0.0667. The topological polar surface area (TPSA) is 65.2 Å². The molecule has 0 saturated carbocycles. The van der Waals surface area contributed by atoms with E-state index in [0.717, 1.165) is 31.3 Å². The van der Waals surface area contributed by atoms with Crippen LogP contribution < -0.4 is 4.74 Å². The van der Waals surface area contributed by atoms with Crippen molar-refractivity contribution in [3.05, 3.63) is 47.2 Å². The number of aromatic nitrogens is 5. The maximum Gasteiger partial charge on any atom is 0.235 e. The Balaban J connectivity index is 1.87. The first-order valence-electron chi connectivity index (χ1n) is 6.73. The lowest BCUT2D eigenvalue weighted by Crippen LogP contribution is -1.92. The zero-order valence-electron chi connectivity index (χ0n) is 12.0. The molecule has 0 bridgehead atoms. The molecule has 0 spiro atoms. The number of methoxy groups -OCH3 is 1. The van der Waals surface area contributed by atoms with Crippen LogP contribution in [-0.2, 0) is 0 Å². The van der Waals surface area contributed by atoms with E-state index in [1.807, 2.05) is 30.3 Å². The van der Waals surface area contributed by atoms with E-state index in [-0.39, 0.29) is 0 Å². The van der Waals surface area contributed by atoms with Crippen LogP contribution >= 0.6 is 27.3 Å². The molecule has 0 fully saturated rings. The third-order valence-electron chi connectivity index (χ3n) is 3.29. The van der Waals surface area contributed by atoms with Crippen LogP contribution in [0.4, 0.5) is 0 Å². The summed E-state index contributed by atoms with van der Waals surface area (Å²) in [4.78, 5) is 4.89. The molecule has 3 heterocycles. The van der Waals surface area contributed by atoms with Crippen LogP contribution in [0.2, 0.25) is 0 Å². The van der Waals surface area contributed by atoms with E-state index in [1.165, 1.54) is 11.3 Å². The summed E-state index contributed by atoms with van der Waals surface area (Å²) in [5, 5.41) is 13.9. The number of rotatable bonds is 3. The molecule has 3 aromatic heterocycles. The minimum Gasteiger partial charge on any atom is -0.496 e. The first kappa shape index (κ1) is 14.3. The zero-order chi connectivity index (χ0) is 15.8. The summed E-state index contributed by atoms with van der Waals surface area (Å²) >= 11 is 4.88. The summed E-state index contributed by atoms with van der Waals surface area (Å²) in [6.45, 7) is 0. The molecule has 0 atom stereocenters. The molecule has 0 radical (unpaired) electrons. The van der Waals surface area contributed by atoms with Crippen molar-refractivity contribution in [2.45, 2.75) is 0 Å². The van der Waals surface area contributed by atoms with Gasteiger partial charge in [-0.25, -0.2) is 0 Å². The molecule has 0 amide bonds. The molecule has 0 saturated heterocycles. The quantitative estimate of drug-likeness (QED) is 0.536. The Morgan fingerprint density at radius 3 is 2.87 bits per heavy atom. The second-order valence-electron chi connectivity index (χ2n) is 4.72. The number of pyridine rings is 1. The van der Waals surface area contributed by atoms with Crippen LogP contribution in [0.1, 0.15) is 0 Å². The van der Waals surface area contributed by atoms with Gasteiger partial charge in [-0.2, -0.15) is 9.61 Å². The molecule has 23 heavy (non-hydrogen) atoms. The lowest BCUT2D eigenvalue weighted by Gasteiger charge is -2.04. The first-order chi connectivity index (χ1) is 11.3. The summed E-state index contributed by atoms with van der Waals surface area (Å²) in [6, 6.07) is 9.72. The van der Waals surface area contributed by atoms with Crippen molar-refractivity contribution in [3.63, 3.8) is 0 Å². The smallest absolute Gasteiger partial charge is 0.235 e. The molecule has 4 aromatic rings. The minimum absolute atomic E-state index is 0.659. The highest BCUT2D eigenvalue weighted by atomic mass is 79.9. The molecule has 6 nitrogen and oxygen atoms in total. The summed E-state index contributed by atoms with van der Waals surface area (Å²) in [6.07, 6.45) is 3.46. The fourth-order valence-electron chi connectivity index (χ4n) is 2.26. The van der Waals surface area contributed by atoms with Gasteiger partial charge in [-0.15, -0.1) is 10.2 Å². The van der Waals surface area contributed by atoms with E-state index in [0.29, 0.717) is 5.82 Å². The molecular formula is C15H10BrN5OS. The van der Waals surface area contributed by atoms with Gasteiger partial charge in [0.05, 0.1) is 12.7 Å². The van der Waals surface area contributed by atoms with Crippen molar-refractivity contribution in [1.82, 2.24) is 24.8 Å². The largest absolute Gasteiger partial charge is 0.496 e. The van der Waals surface area contributed by atoms with Gasteiger partial charge < -0.3 is 4.74 Å². The molecule has 114 valence electrons. The van der Waals surface area contributed by atoms with Crippen molar-refractivity contribution < 1.29 is 4.74 Å². The van der Waals surface area contributed by atoms with Crippen molar-refractivity contribution in [2.24, 2.45) is 0 Å². The summed E-state index contributed by atoms with van der Waals surface area (Å²) in [5.74, 6) is 1.44. The maximum absolute atomic E-state index is 5.41. The maximum atomic E-state index is 5.41. The van der Waals surface area contributed by atoms with Crippen molar-refractivity contribution in [1.29, 1.82) is 0 Å². The van der Waals surface area contributed by atoms with Crippen molar-refractivity contribution >= 4 is 32.2 Å². The first-order valence-corrected chi connectivity index (χ1v) is 8.34. The van der Waals surface area contributed by atoms with Crippen LogP contribution in [0.3, 0.4) is 0 Å². The molecule has 0 N–H and O–H groups in total. The highest BCUT2D eigenvalue weighted by molar-refractivity contribution is 9.10. The predicted octanol–water partition coefficient (Wildman–Crippen LogP) is 3.69. The summed E-state index contributed by atoms with van der Waals surface area (Å²) in [5.41, 5.74) is 1.78. The molecule has 4 rings (SSSR count). The Morgan fingerprint density at radius 1 is 1.17 bits per heavy atom. The third kappa shape index (κ3) is 2.49. The van der Waals surface area contributed by atoms with E-state index in [4.69, 9.17) is 4.74 Å². The lowest BCUT2D eigenvalue weighted by atomic mass is 10.2. The second kappa shape index (κ2) is 5.71. The SMILES string of the molecule is COc1ccccc1-c1nn2c(-c3cncc(Br)c3)nnc2s1. The van der Waals surface area contributed by atoms with Gasteiger partial charge in [0.1, 0.15) is 5.75 Å². The monoisotopic (exact) mass is 387 g/mol. The number of hydrogen-bond acceptors (Lipinski definition) is 6. The summed E-state index contributed by atoms with van der Waals surface area (Å²) < 4.78 is 8.02. The number of nitrogens with zero attached hydrogens (tertiary/aromatic N) is 5. The molecule has 8 heteroatoms. The van der Waals surface area contributed by atoms with Gasteiger partial charge in [-0.05, 0) is 34.1 Å². The Labute approximate surface area is 143 Å². The van der Waals surface area contributed by atoms with Gasteiger partial charge in [0.2, 0.25) is 4.96 Å². The van der Waals surface area contributed by atoms with Crippen LogP contribution in [0.5, 0.6) is 5.75 Å². The van der Waals surface area contributed by atoms with Crippen LogP contribution in [-0.4, -0.2) is 31.9 Å². The number of para-hydroxylation sites is 1. The number of fused-ring (bicyclic) bond motifs is 1. The highest BCUT2D eigenvalue weighted by Gasteiger charge is 2.16. The number of benzene rings is 1. The zero-order valence-corrected chi connectivity index (χ0v) is 14.4. The molecule has 0 aliphatic heterocycles. The van der Waals surface area contributed by atoms with Gasteiger partial charge >= 0.3 is 0 Å². The highest BCUT2D eigenvalue weighted by Crippen LogP contribution is 2.33. The molecule has 0 unspecified atom stereocenters. The third-order valence-corrected chi connectivity index (χ3v) is 4.66. The Bertz CT molecular complexity index is 996. The van der Waals surface area contributed by atoms with Gasteiger partial charge in [0.25, 0.3) is 0 Å². The average Bonchev–Trinajstić information content (AvgIpc) is 3.15. The normalized spacial score (nSPS) is 11.0. The Hall–Kier alpha value is -2.32. The van der Waals surface area contributed by atoms with Gasteiger partial charge in [-0.1, -0.05) is 23.5 Å². The number of hydrogen-bond donors (Lipinski definition) is 0. The van der Waals surface area contributed by atoms with Crippen LogP contribution in [0.25, 0.3) is 26.9 Å². The number of ether oxygens (including phenoxy) is 1. The fourth-order valence-corrected chi connectivity index (χ4v) is 3.50. The predicted molar refractivity (Wildman–Crippen MR) is 91.6 cm³/mol. The average molecular weight is 388 g/mol. The lowest BCUT2D eigenvalue weighted by molar-refractivity contribution is 0.416. The minimum atomic E-state index is 0.659. The van der Waals surface area contributed by atoms with E-state index in [1.54, 1.807) is 24.0 Å². The summed E-state index contributed by atoms with van der Waals surface area (Å²) in [7, 11) is 1.65.